The number of rotatable bonds is 5. The molecule has 7 nitrogen and oxygen atoms in total. The van der Waals surface area contributed by atoms with Crippen LogP contribution in [0, 0.1) is 0 Å². The summed E-state index contributed by atoms with van der Waals surface area (Å²) in [6.45, 7) is 1.85. The first-order valence-corrected chi connectivity index (χ1v) is 9.56. The van der Waals surface area contributed by atoms with Gasteiger partial charge in [-0.15, -0.1) is 0 Å². The summed E-state index contributed by atoms with van der Waals surface area (Å²) in [4.78, 5) is 31.3. The molecule has 0 saturated carbocycles. The summed E-state index contributed by atoms with van der Waals surface area (Å²) in [6.07, 6.45) is 5.73. The smallest absolute Gasteiger partial charge is 0.250 e. The molecular weight excluding hydrogens is 354 g/mol. The first-order chi connectivity index (χ1) is 13.6. The van der Waals surface area contributed by atoms with Crippen LogP contribution in [-0.2, 0) is 11.3 Å². The predicted octanol–water partition coefficient (Wildman–Crippen LogP) is 2.33. The molecule has 3 aromatic rings. The minimum Gasteiger partial charge on any atom is -0.366 e. The Bertz CT molecular complexity index is 999. The molecule has 144 valence electrons. The third-order valence-corrected chi connectivity index (χ3v) is 5.29. The van der Waals surface area contributed by atoms with Gasteiger partial charge in [-0.2, -0.15) is 5.10 Å². The Hall–Kier alpha value is -3.22. The molecule has 7 heteroatoms. The fourth-order valence-electron chi connectivity index (χ4n) is 3.87. The van der Waals surface area contributed by atoms with E-state index in [0.29, 0.717) is 30.8 Å². The number of fused-ring (bicyclic) bond motifs is 1. The van der Waals surface area contributed by atoms with E-state index in [0.717, 1.165) is 30.3 Å². The van der Waals surface area contributed by atoms with E-state index in [1.165, 1.54) is 0 Å². The highest BCUT2D eigenvalue weighted by Gasteiger charge is 2.28. The van der Waals surface area contributed by atoms with Crippen molar-refractivity contribution in [1.82, 2.24) is 19.7 Å². The maximum Gasteiger partial charge on any atom is 0.250 e. The summed E-state index contributed by atoms with van der Waals surface area (Å²) in [5.74, 6) is -0.369. The van der Waals surface area contributed by atoms with Crippen LogP contribution in [0.4, 0.5) is 0 Å². The van der Waals surface area contributed by atoms with Crippen molar-refractivity contribution in [3.63, 3.8) is 0 Å². The number of aryl methyl sites for hydroxylation is 1. The maximum absolute atomic E-state index is 12.7. The van der Waals surface area contributed by atoms with Crippen molar-refractivity contribution in [3.8, 4) is 0 Å². The summed E-state index contributed by atoms with van der Waals surface area (Å²) in [5.41, 5.74) is 7.63. The number of piperidine rings is 1. The zero-order valence-electron chi connectivity index (χ0n) is 15.6. The number of hydrogen-bond acceptors (Lipinski definition) is 4. The van der Waals surface area contributed by atoms with Gasteiger partial charge in [0.1, 0.15) is 0 Å². The van der Waals surface area contributed by atoms with Crippen molar-refractivity contribution in [2.75, 3.05) is 13.1 Å². The zero-order valence-corrected chi connectivity index (χ0v) is 15.6. The molecule has 1 aromatic carbocycles. The number of nitrogens with two attached hydrogens (primary N) is 1. The van der Waals surface area contributed by atoms with Gasteiger partial charge in [0.15, 0.2) is 0 Å². The average Bonchev–Trinajstić information content (AvgIpc) is 3.24. The molecule has 0 bridgehead atoms. The number of primary amides is 1. The van der Waals surface area contributed by atoms with Crippen LogP contribution >= 0.6 is 0 Å². The van der Waals surface area contributed by atoms with Crippen LogP contribution in [0.5, 0.6) is 0 Å². The van der Waals surface area contributed by atoms with Crippen LogP contribution in [0.2, 0.25) is 0 Å². The van der Waals surface area contributed by atoms with Gasteiger partial charge in [-0.1, -0.05) is 18.2 Å². The first-order valence-electron chi connectivity index (χ1n) is 9.56. The van der Waals surface area contributed by atoms with E-state index < -0.39 is 5.91 Å². The highest BCUT2D eigenvalue weighted by atomic mass is 16.2. The number of benzene rings is 1. The molecule has 28 heavy (non-hydrogen) atoms. The lowest BCUT2D eigenvalue weighted by molar-refractivity contribution is -0.132. The molecule has 4 rings (SSSR count). The van der Waals surface area contributed by atoms with Gasteiger partial charge < -0.3 is 10.6 Å². The number of aromatic nitrogens is 3. The van der Waals surface area contributed by atoms with E-state index in [1.54, 1.807) is 10.9 Å². The second-order valence-corrected chi connectivity index (χ2v) is 7.18. The molecule has 1 aliphatic rings. The number of nitrogens with zero attached hydrogens (tertiary/aromatic N) is 4. The summed E-state index contributed by atoms with van der Waals surface area (Å²) in [6, 6.07) is 11.4. The summed E-state index contributed by atoms with van der Waals surface area (Å²) in [7, 11) is 0. The molecule has 3 heterocycles. The Kier molecular flexibility index (Phi) is 5.06. The third kappa shape index (κ3) is 3.74. The van der Waals surface area contributed by atoms with Gasteiger partial charge in [-0.05, 0) is 31.0 Å². The van der Waals surface area contributed by atoms with Gasteiger partial charge in [0, 0.05) is 49.8 Å². The summed E-state index contributed by atoms with van der Waals surface area (Å²) in [5, 5.41) is 5.03. The van der Waals surface area contributed by atoms with Crippen molar-refractivity contribution in [3.05, 3.63) is 60.0 Å². The number of carbonyl (C=O) groups excluding carboxylic acids is 2. The molecule has 2 aromatic heterocycles. The number of para-hydroxylation sites is 1. The number of pyridine rings is 1. The fraction of sp³-hybridized carbons (Fsp3) is 0.333. The Morgan fingerprint density at radius 2 is 2.07 bits per heavy atom. The number of amides is 2. The van der Waals surface area contributed by atoms with Crippen molar-refractivity contribution in [1.29, 1.82) is 0 Å². The Labute approximate surface area is 163 Å². The fourth-order valence-corrected chi connectivity index (χ4v) is 3.87. The molecule has 1 unspecified atom stereocenters. The molecule has 0 spiro atoms. The standard InChI is InChI=1S/C21H23N5O2/c22-21(28)17-13-15-5-1-2-7-18(15)24-20(17)16-6-3-10-25(14-16)19(27)8-12-26-11-4-9-23-26/h1-2,4-5,7,9,11,13,16H,3,6,8,10,12,14H2,(H2,22,28). The average molecular weight is 377 g/mol. The van der Waals surface area contributed by atoms with Gasteiger partial charge in [0.25, 0.3) is 5.91 Å². The normalized spacial score (nSPS) is 17.0. The van der Waals surface area contributed by atoms with E-state index in [9.17, 15) is 9.59 Å². The molecule has 1 atom stereocenters. The van der Waals surface area contributed by atoms with Crippen molar-refractivity contribution < 1.29 is 9.59 Å². The highest BCUT2D eigenvalue weighted by molar-refractivity contribution is 5.97. The molecule has 0 radical (unpaired) electrons. The lowest BCUT2D eigenvalue weighted by atomic mass is 9.90. The Morgan fingerprint density at radius 1 is 1.21 bits per heavy atom. The SMILES string of the molecule is NC(=O)c1cc2ccccc2nc1C1CCCN(C(=O)CCn2cccn2)C1. The van der Waals surface area contributed by atoms with Crippen LogP contribution in [0.1, 0.15) is 41.2 Å². The zero-order chi connectivity index (χ0) is 19.5. The molecule has 1 aliphatic heterocycles. The molecule has 1 saturated heterocycles. The van der Waals surface area contributed by atoms with Crippen LogP contribution < -0.4 is 5.73 Å². The summed E-state index contributed by atoms with van der Waals surface area (Å²) >= 11 is 0. The molecular formula is C21H23N5O2. The molecule has 2 N–H and O–H groups in total. The largest absolute Gasteiger partial charge is 0.366 e. The van der Waals surface area contributed by atoms with Crippen LogP contribution in [-0.4, -0.2) is 44.6 Å². The quantitative estimate of drug-likeness (QED) is 0.738. The van der Waals surface area contributed by atoms with Gasteiger partial charge >= 0.3 is 0 Å². The number of carbonyl (C=O) groups is 2. The predicted molar refractivity (Wildman–Crippen MR) is 106 cm³/mol. The van der Waals surface area contributed by atoms with E-state index in [-0.39, 0.29) is 11.8 Å². The Morgan fingerprint density at radius 3 is 2.86 bits per heavy atom. The number of hydrogen-bond donors (Lipinski definition) is 1. The first kappa shape index (κ1) is 18.2. The minimum absolute atomic E-state index is 0.00881. The minimum atomic E-state index is -0.476. The lowest BCUT2D eigenvalue weighted by Gasteiger charge is -2.33. The van der Waals surface area contributed by atoms with Crippen LogP contribution in [0.15, 0.2) is 48.8 Å². The topological polar surface area (TPSA) is 94.1 Å². The van der Waals surface area contributed by atoms with Crippen molar-refractivity contribution in [2.45, 2.75) is 31.7 Å². The van der Waals surface area contributed by atoms with E-state index in [2.05, 4.69) is 5.10 Å². The van der Waals surface area contributed by atoms with Gasteiger partial charge in [-0.3, -0.25) is 19.3 Å². The highest BCUT2D eigenvalue weighted by Crippen LogP contribution is 2.30. The third-order valence-electron chi connectivity index (χ3n) is 5.29. The van der Waals surface area contributed by atoms with Gasteiger partial charge in [0.2, 0.25) is 5.91 Å². The van der Waals surface area contributed by atoms with Gasteiger partial charge in [-0.25, -0.2) is 0 Å². The van der Waals surface area contributed by atoms with Gasteiger partial charge in [0.05, 0.1) is 16.8 Å². The second-order valence-electron chi connectivity index (χ2n) is 7.18. The Balaban J connectivity index is 1.54. The maximum atomic E-state index is 12.7. The van der Waals surface area contributed by atoms with Crippen molar-refractivity contribution >= 4 is 22.7 Å². The molecule has 0 aliphatic carbocycles. The van der Waals surface area contributed by atoms with Crippen molar-refractivity contribution in [2.24, 2.45) is 5.73 Å². The second kappa shape index (κ2) is 7.80. The monoisotopic (exact) mass is 377 g/mol. The molecule has 2 amide bonds. The number of likely N-dealkylation sites (tertiary alicyclic amines) is 1. The lowest BCUT2D eigenvalue weighted by Crippen LogP contribution is -2.40. The van der Waals surface area contributed by atoms with E-state index >= 15 is 0 Å². The van der Waals surface area contributed by atoms with Crippen LogP contribution in [0.3, 0.4) is 0 Å². The van der Waals surface area contributed by atoms with E-state index in [4.69, 9.17) is 10.7 Å². The summed E-state index contributed by atoms with van der Waals surface area (Å²) < 4.78 is 1.76. The van der Waals surface area contributed by atoms with Crippen LogP contribution in [0.25, 0.3) is 10.9 Å². The van der Waals surface area contributed by atoms with E-state index in [1.807, 2.05) is 47.5 Å². The molecule has 1 fully saturated rings.